The van der Waals surface area contributed by atoms with E-state index in [9.17, 15) is 4.79 Å². The third-order valence-corrected chi connectivity index (χ3v) is 3.82. The first-order chi connectivity index (χ1) is 11.2. The van der Waals surface area contributed by atoms with Crippen molar-refractivity contribution in [2.75, 3.05) is 44.8 Å². The van der Waals surface area contributed by atoms with Crippen LogP contribution in [0.15, 0.2) is 24.7 Å². The molecule has 1 aliphatic heterocycles. The van der Waals surface area contributed by atoms with Crippen LogP contribution in [0.4, 0.5) is 5.82 Å². The van der Waals surface area contributed by atoms with Crippen LogP contribution in [0, 0.1) is 6.92 Å². The highest BCUT2D eigenvalue weighted by atomic mass is 16.5. The number of ether oxygens (including phenoxy) is 1. The molecule has 0 aromatic carbocycles. The van der Waals surface area contributed by atoms with Crippen LogP contribution >= 0.6 is 0 Å². The van der Waals surface area contributed by atoms with Gasteiger partial charge in [0.25, 0.3) is 0 Å². The minimum absolute atomic E-state index is 0.0301. The molecule has 3 heterocycles. The zero-order valence-corrected chi connectivity index (χ0v) is 13.3. The third kappa shape index (κ3) is 3.48. The average molecular weight is 316 g/mol. The second-order valence-electron chi connectivity index (χ2n) is 5.44. The highest BCUT2D eigenvalue weighted by molar-refractivity contribution is 5.77. The van der Waals surface area contributed by atoms with Gasteiger partial charge in [-0.05, 0) is 13.0 Å². The van der Waals surface area contributed by atoms with Crippen molar-refractivity contribution in [1.82, 2.24) is 24.6 Å². The standard InChI is InChI=1S/C15H20N6O2/c1-12-3-4-21(18-12)14-9-13(16-11-17-14)19-5-7-20(8-6-19)15(22)10-23-2/h3-4,9,11H,5-8,10H2,1-2H3. The molecule has 0 atom stereocenters. The van der Waals surface area contributed by atoms with Crippen molar-refractivity contribution >= 4 is 11.7 Å². The summed E-state index contributed by atoms with van der Waals surface area (Å²) >= 11 is 0. The van der Waals surface area contributed by atoms with Crippen LogP contribution < -0.4 is 4.90 Å². The van der Waals surface area contributed by atoms with Crippen molar-refractivity contribution in [3.8, 4) is 5.82 Å². The number of nitrogens with zero attached hydrogens (tertiary/aromatic N) is 6. The van der Waals surface area contributed by atoms with E-state index in [-0.39, 0.29) is 12.5 Å². The summed E-state index contributed by atoms with van der Waals surface area (Å²) in [4.78, 5) is 24.4. The number of anilines is 1. The Morgan fingerprint density at radius 1 is 1.22 bits per heavy atom. The van der Waals surface area contributed by atoms with Crippen LogP contribution in [-0.2, 0) is 9.53 Å². The van der Waals surface area contributed by atoms with Gasteiger partial charge in [-0.2, -0.15) is 5.10 Å². The number of carbonyl (C=O) groups excluding carboxylic acids is 1. The molecule has 1 amide bonds. The lowest BCUT2D eigenvalue weighted by Gasteiger charge is -2.35. The fraction of sp³-hybridized carbons (Fsp3) is 0.467. The molecule has 2 aromatic heterocycles. The SMILES string of the molecule is COCC(=O)N1CCN(c2cc(-n3ccc(C)n3)ncn2)CC1. The van der Waals surface area contributed by atoms with E-state index in [0.717, 1.165) is 30.4 Å². The Hall–Kier alpha value is -2.48. The Morgan fingerprint density at radius 2 is 1.96 bits per heavy atom. The number of methoxy groups -OCH3 is 1. The van der Waals surface area contributed by atoms with Gasteiger partial charge in [0.1, 0.15) is 18.8 Å². The summed E-state index contributed by atoms with van der Waals surface area (Å²) in [6, 6.07) is 3.85. The maximum atomic E-state index is 11.8. The second kappa shape index (κ2) is 6.74. The molecular weight excluding hydrogens is 296 g/mol. The zero-order chi connectivity index (χ0) is 16.2. The summed E-state index contributed by atoms with van der Waals surface area (Å²) in [5, 5.41) is 4.36. The number of aryl methyl sites for hydroxylation is 1. The molecule has 8 nitrogen and oxygen atoms in total. The first-order valence-electron chi connectivity index (χ1n) is 7.54. The predicted octanol–water partition coefficient (Wildman–Crippen LogP) is 0.266. The lowest BCUT2D eigenvalue weighted by atomic mass is 10.3. The number of rotatable bonds is 4. The molecule has 8 heteroatoms. The zero-order valence-electron chi connectivity index (χ0n) is 13.3. The van der Waals surface area contributed by atoms with Crippen molar-refractivity contribution in [1.29, 1.82) is 0 Å². The third-order valence-electron chi connectivity index (χ3n) is 3.82. The van der Waals surface area contributed by atoms with E-state index in [4.69, 9.17) is 4.74 Å². The van der Waals surface area contributed by atoms with E-state index in [1.54, 1.807) is 11.0 Å². The minimum atomic E-state index is 0.0301. The molecule has 0 bridgehead atoms. The van der Waals surface area contributed by atoms with Gasteiger partial charge in [0.15, 0.2) is 5.82 Å². The van der Waals surface area contributed by atoms with E-state index in [2.05, 4.69) is 20.0 Å². The monoisotopic (exact) mass is 316 g/mol. The van der Waals surface area contributed by atoms with Crippen molar-refractivity contribution in [2.45, 2.75) is 6.92 Å². The van der Waals surface area contributed by atoms with Gasteiger partial charge in [0, 0.05) is 45.6 Å². The van der Waals surface area contributed by atoms with Gasteiger partial charge in [0.05, 0.1) is 5.69 Å². The Labute approximate surface area is 134 Å². The number of carbonyl (C=O) groups is 1. The second-order valence-corrected chi connectivity index (χ2v) is 5.44. The van der Waals surface area contributed by atoms with E-state index in [0.29, 0.717) is 13.1 Å². The fourth-order valence-corrected chi connectivity index (χ4v) is 2.58. The van der Waals surface area contributed by atoms with Crippen LogP contribution in [0.2, 0.25) is 0 Å². The van der Waals surface area contributed by atoms with E-state index in [1.165, 1.54) is 7.11 Å². The molecule has 0 spiro atoms. The van der Waals surface area contributed by atoms with Gasteiger partial charge in [-0.25, -0.2) is 14.6 Å². The molecular formula is C15H20N6O2. The molecule has 1 fully saturated rings. The molecule has 1 aliphatic rings. The summed E-state index contributed by atoms with van der Waals surface area (Å²) in [5.74, 6) is 1.62. The first-order valence-corrected chi connectivity index (χ1v) is 7.54. The molecule has 0 saturated carbocycles. The summed E-state index contributed by atoms with van der Waals surface area (Å²) < 4.78 is 6.63. The number of hydrogen-bond acceptors (Lipinski definition) is 6. The van der Waals surface area contributed by atoms with Crippen LogP contribution in [0.5, 0.6) is 0 Å². The van der Waals surface area contributed by atoms with Gasteiger partial charge in [-0.1, -0.05) is 0 Å². The number of hydrogen-bond donors (Lipinski definition) is 0. The van der Waals surface area contributed by atoms with Crippen LogP contribution in [0.25, 0.3) is 5.82 Å². The molecule has 0 radical (unpaired) electrons. The molecule has 0 unspecified atom stereocenters. The lowest BCUT2D eigenvalue weighted by molar-refractivity contribution is -0.135. The minimum Gasteiger partial charge on any atom is -0.375 e. The van der Waals surface area contributed by atoms with Crippen molar-refractivity contribution in [2.24, 2.45) is 0 Å². The van der Waals surface area contributed by atoms with Crippen molar-refractivity contribution < 1.29 is 9.53 Å². The summed E-state index contributed by atoms with van der Waals surface area (Å²) in [6.45, 7) is 4.89. The van der Waals surface area contributed by atoms with E-state index < -0.39 is 0 Å². The van der Waals surface area contributed by atoms with Gasteiger partial charge in [-0.3, -0.25) is 4.79 Å². The Kier molecular flexibility index (Phi) is 4.52. The van der Waals surface area contributed by atoms with Crippen LogP contribution in [-0.4, -0.2) is 70.5 Å². The van der Waals surface area contributed by atoms with Gasteiger partial charge >= 0.3 is 0 Å². The Bertz CT molecular complexity index is 678. The molecule has 1 saturated heterocycles. The highest BCUT2D eigenvalue weighted by Crippen LogP contribution is 2.16. The normalized spacial score (nSPS) is 15.0. The Morgan fingerprint density at radius 3 is 2.61 bits per heavy atom. The summed E-state index contributed by atoms with van der Waals surface area (Å²) in [7, 11) is 1.54. The van der Waals surface area contributed by atoms with E-state index in [1.807, 2.05) is 30.2 Å². The topological polar surface area (TPSA) is 76.4 Å². The summed E-state index contributed by atoms with van der Waals surface area (Å²) in [5.41, 5.74) is 0.940. The maximum absolute atomic E-state index is 11.8. The molecule has 0 aliphatic carbocycles. The summed E-state index contributed by atoms with van der Waals surface area (Å²) in [6.07, 6.45) is 3.42. The number of aromatic nitrogens is 4. The van der Waals surface area contributed by atoms with Crippen molar-refractivity contribution in [3.63, 3.8) is 0 Å². The van der Waals surface area contributed by atoms with E-state index >= 15 is 0 Å². The smallest absolute Gasteiger partial charge is 0.248 e. The molecule has 122 valence electrons. The molecule has 23 heavy (non-hydrogen) atoms. The lowest BCUT2D eigenvalue weighted by Crippen LogP contribution is -2.50. The predicted molar refractivity (Wildman–Crippen MR) is 84.6 cm³/mol. The van der Waals surface area contributed by atoms with Crippen LogP contribution in [0.1, 0.15) is 5.69 Å². The van der Waals surface area contributed by atoms with Gasteiger partial charge in [-0.15, -0.1) is 0 Å². The highest BCUT2D eigenvalue weighted by Gasteiger charge is 2.22. The number of amides is 1. The van der Waals surface area contributed by atoms with Gasteiger partial charge in [0.2, 0.25) is 5.91 Å². The van der Waals surface area contributed by atoms with Crippen LogP contribution in [0.3, 0.4) is 0 Å². The average Bonchev–Trinajstić information content (AvgIpc) is 3.02. The van der Waals surface area contributed by atoms with Gasteiger partial charge < -0.3 is 14.5 Å². The fourth-order valence-electron chi connectivity index (χ4n) is 2.58. The first kappa shape index (κ1) is 15.4. The molecule has 2 aromatic rings. The quantitative estimate of drug-likeness (QED) is 0.806. The molecule has 0 N–H and O–H groups in total. The maximum Gasteiger partial charge on any atom is 0.248 e. The molecule has 3 rings (SSSR count). The number of piperazine rings is 1. The van der Waals surface area contributed by atoms with Crippen molar-refractivity contribution in [3.05, 3.63) is 30.4 Å². The Balaban J connectivity index is 1.68. The largest absolute Gasteiger partial charge is 0.375 e.